The van der Waals surface area contributed by atoms with Crippen LogP contribution in [0, 0.1) is 5.92 Å². The van der Waals surface area contributed by atoms with Gasteiger partial charge in [0.15, 0.2) is 0 Å². The van der Waals surface area contributed by atoms with Crippen molar-refractivity contribution in [1.29, 1.82) is 0 Å². The minimum atomic E-state index is 0.147. The van der Waals surface area contributed by atoms with Gasteiger partial charge in [0.05, 0.1) is 12.2 Å². The van der Waals surface area contributed by atoms with E-state index in [9.17, 15) is 4.79 Å². The van der Waals surface area contributed by atoms with E-state index in [4.69, 9.17) is 4.74 Å². The molecule has 70 valence electrons. The minimum Gasteiger partial charge on any atom is -0.376 e. The monoisotopic (exact) mass is 171 g/mol. The third-order valence-electron chi connectivity index (χ3n) is 2.31. The summed E-state index contributed by atoms with van der Waals surface area (Å²) in [6.07, 6.45) is 2.14. The molecule has 0 aromatic carbocycles. The molecule has 0 aromatic rings. The molecule has 0 saturated carbocycles. The maximum Gasteiger partial charge on any atom is 0.223 e. The topological polar surface area (TPSA) is 38.3 Å². The third kappa shape index (κ3) is 2.21. The van der Waals surface area contributed by atoms with Crippen LogP contribution in [0.1, 0.15) is 26.7 Å². The van der Waals surface area contributed by atoms with E-state index >= 15 is 0 Å². The van der Waals surface area contributed by atoms with E-state index < -0.39 is 0 Å². The van der Waals surface area contributed by atoms with Gasteiger partial charge in [-0.2, -0.15) is 0 Å². The molecule has 0 radical (unpaired) electrons. The molecule has 3 atom stereocenters. The standard InChI is InChI=1S/C9H17NO2/c1-6-4-8(9(11)10-3)5-7(2)12-6/h6-8H,4-5H2,1-3H3,(H,10,11)/t6-,7+,8?. The molecular formula is C9H17NO2. The van der Waals surface area contributed by atoms with Gasteiger partial charge in [-0.3, -0.25) is 4.79 Å². The van der Waals surface area contributed by atoms with Crippen LogP contribution in [0.15, 0.2) is 0 Å². The van der Waals surface area contributed by atoms with Crippen LogP contribution in [-0.4, -0.2) is 25.2 Å². The number of hydrogen-bond acceptors (Lipinski definition) is 2. The van der Waals surface area contributed by atoms with Gasteiger partial charge in [-0.1, -0.05) is 0 Å². The summed E-state index contributed by atoms with van der Waals surface area (Å²) in [4.78, 5) is 11.3. The van der Waals surface area contributed by atoms with Gasteiger partial charge in [-0.25, -0.2) is 0 Å². The van der Waals surface area contributed by atoms with Gasteiger partial charge >= 0.3 is 0 Å². The summed E-state index contributed by atoms with van der Waals surface area (Å²) in [5, 5.41) is 2.68. The maximum absolute atomic E-state index is 11.3. The summed E-state index contributed by atoms with van der Waals surface area (Å²) in [5.41, 5.74) is 0. The highest BCUT2D eigenvalue weighted by molar-refractivity contribution is 5.78. The van der Waals surface area contributed by atoms with E-state index in [1.807, 2.05) is 13.8 Å². The Morgan fingerprint density at radius 3 is 2.25 bits per heavy atom. The Morgan fingerprint density at radius 2 is 1.83 bits per heavy atom. The van der Waals surface area contributed by atoms with Crippen molar-refractivity contribution in [3.8, 4) is 0 Å². The zero-order chi connectivity index (χ0) is 9.14. The lowest BCUT2D eigenvalue weighted by Crippen LogP contribution is -2.37. The highest BCUT2D eigenvalue weighted by Crippen LogP contribution is 2.24. The summed E-state index contributed by atoms with van der Waals surface area (Å²) >= 11 is 0. The quantitative estimate of drug-likeness (QED) is 0.637. The first-order chi connectivity index (χ1) is 5.63. The number of rotatable bonds is 1. The fraction of sp³-hybridized carbons (Fsp3) is 0.889. The molecule has 3 heteroatoms. The number of amides is 1. The predicted octanol–water partition coefficient (Wildman–Crippen LogP) is 0.936. The van der Waals surface area contributed by atoms with Gasteiger partial charge in [0.2, 0.25) is 5.91 Å². The second kappa shape index (κ2) is 3.90. The van der Waals surface area contributed by atoms with Gasteiger partial charge in [-0.05, 0) is 26.7 Å². The first kappa shape index (κ1) is 9.52. The number of nitrogens with one attached hydrogen (secondary N) is 1. The molecule has 0 bridgehead atoms. The average molecular weight is 171 g/mol. The molecule has 1 amide bonds. The summed E-state index contributed by atoms with van der Waals surface area (Å²) in [6.45, 7) is 4.04. The molecule has 1 N–H and O–H groups in total. The van der Waals surface area contributed by atoms with E-state index in [0.717, 1.165) is 12.8 Å². The van der Waals surface area contributed by atoms with E-state index in [0.29, 0.717) is 0 Å². The molecule has 12 heavy (non-hydrogen) atoms. The van der Waals surface area contributed by atoms with Crippen molar-refractivity contribution < 1.29 is 9.53 Å². The Kier molecular flexibility index (Phi) is 3.09. The molecular weight excluding hydrogens is 154 g/mol. The largest absolute Gasteiger partial charge is 0.376 e. The first-order valence-corrected chi connectivity index (χ1v) is 4.50. The van der Waals surface area contributed by atoms with Crippen molar-refractivity contribution in [1.82, 2.24) is 5.32 Å². The van der Waals surface area contributed by atoms with Crippen LogP contribution in [0.3, 0.4) is 0 Å². The Labute approximate surface area is 73.5 Å². The van der Waals surface area contributed by atoms with Crippen molar-refractivity contribution in [2.75, 3.05) is 7.05 Å². The molecule has 1 unspecified atom stereocenters. The van der Waals surface area contributed by atoms with Gasteiger partial charge in [0, 0.05) is 13.0 Å². The Morgan fingerprint density at radius 1 is 1.33 bits per heavy atom. The normalized spacial score (nSPS) is 36.1. The zero-order valence-electron chi connectivity index (χ0n) is 7.96. The summed E-state index contributed by atoms with van der Waals surface area (Å²) < 4.78 is 5.53. The van der Waals surface area contributed by atoms with E-state index in [1.165, 1.54) is 0 Å². The molecule has 1 rings (SSSR count). The van der Waals surface area contributed by atoms with E-state index in [2.05, 4.69) is 5.32 Å². The average Bonchev–Trinajstić information content (AvgIpc) is 2.01. The highest BCUT2D eigenvalue weighted by Gasteiger charge is 2.28. The predicted molar refractivity (Wildman–Crippen MR) is 46.8 cm³/mol. The van der Waals surface area contributed by atoms with Crippen molar-refractivity contribution in [2.24, 2.45) is 5.92 Å². The van der Waals surface area contributed by atoms with Crippen LogP contribution in [0.4, 0.5) is 0 Å². The number of carbonyl (C=O) groups is 1. The number of ether oxygens (including phenoxy) is 1. The molecule has 1 heterocycles. The smallest absolute Gasteiger partial charge is 0.223 e. The third-order valence-corrected chi connectivity index (χ3v) is 2.31. The van der Waals surface area contributed by atoms with Crippen LogP contribution in [-0.2, 0) is 9.53 Å². The minimum absolute atomic E-state index is 0.147. The Balaban J connectivity index is 2.49. The Bertz CT molecular complexity index is 160. The van der Waals surface area contributed by atoms with Crippen LogP contribution < -0.4 is 5.32 Å². The Hall–Kier alpha value is -0.570. The molecule has 1 saturated heterocycles. The molecule has 0 aliphatic carbocycles. The lowest BCUT2D eigenvalue weighted by molar-refractivity contribution is -0.132. The second-order valence-electron chi connectivity index (χ2n) is 3.54. The van der Waals surface area contributed by atoms with Crippen molar-refractivity contribution in [2.45, 2.75) is 38.9 Å². The molecule has 0 spiro atoms. The second-order valence-corrected chi connectivity index (χ2v) is 3.54. The van der Waals surface area contributed by atoms with Crippen LogP contribution >= 0.6 is 0 Å². The fourth-order valence-corrected chi connectivity index (χ4v) is 1.82. The fourth-order valence-electron chi connectivity index (χ4n) is 1.82. The number of hydrogen-bond donors (Lipinski definition) is 1. The molecule has 3 nitrogen and oxygen atoms in total. The van der Waals surface area contributed by atoms with Gasteiger partial charge in [0.1, 0.15) is 0 Å². The SMILES string of the molecule is CNC(=O)C1C[C@@H](C)O[C@@H](C)C1. The van der Waals surface area contributed by atoms with Gasteiger partial charge < -0.3 is 10.1 Å². The molecule has 1 aliphatic rings. The zero-order valence-corrected chi connectivity index (χ0v) is 7.96. The first-order valence-electron chi connectivity index (χ1n) is 4.50. The van der Waals surface area contributed by atoms with Gasteiger partial charge in [0.25, 0.3) is 0 Å². The summed E-state index contributed by atoms with van der Waals surface area (Å²) in [7, 11) is 1.69. The molecule has 1 fully saturated rings. The van der Waals surface area contributed by atoms with Crippen LogP contribution in [0.25, 0.3) is 0 Å². The lowest BCUT2D eigenvalue weighted by Gasteiger charge is -2.30. The molecule has 0 aromatic heterocycles. The van der Waals surface area contributed by atoms with E-state index in [-0.39, 0.29) is 24.0 Å². The van der Waals surface area contributed by atoms with E-state index in [1.54, 1.807) is 7.05 Å². The van der Waals surface area contributed by atoms with Crippen molar-refractivity contribution in [3.05, 3.63) is 0 Å². The summed E-state index contributed by atoms with van der Waals surface area (Å²) in [5.74, 6) is 0.297. The van der Waals surface area contributed by atoms with Gasteiger partial charge in [-0.15, -0.1) is 0 Å². The number of carbonyl (C=O) groups excluding carboxylic acids is 1. The van der Waals surface area contributed by atoms with Crippen molar-refractivity contribution >= 4 is 5.91 Å². The lowest BCUT2D eigenvalue weighted by atomic mass is 9.92. The summed E-state index contributed by atoms with van der Waals surface area (Å²) in [6, 6.07) is 0. The van der Waals surface area contributed by atoms with Crippen LogP contribution in [0.2, 0.25) is 0 Å². The molecule has 1 aliphatic heterocycles. The van der Waals surface area contributed by atoms with Crippen molar-refractivity contribution in [3.63, 3.8) is 0 Å². The maximum atomic E-state index is 11.3. The van der Waals surface area contributed by atoms with Crippen LogP contribution in [0.5, 0.6) is 0 Å². The highest BCUT2D eigenvalue weighted by atomic mass is 16.5.